The molecule has 106 valence electrons. The van der Waals surface area contributed by atoms with E-state index in [1.165, 1.54) is 25.8 Å². The van der Waals surface area contributed by atoms with Crippen LogP contribution in [-0.4, -0.2) is 25.0 Å². The Labute approximate surface area is 125 Å². The fourth-order valence-electron chi connectivity index (χ4n) is 2.53. The highest BCUT2D eigenvalue weighted by atomic mass is 35.5. The summed E-state index contributed by atoms with van der Waals surface area (Å²) < 4.78 is 0. The molecule has 1 aliphatic rings. The summed E-state index contributed by atoms with van der Waals surface area (Å²) in [6, 6.07) is 5.62. The molecule has 4 heteroatoms. The zero-order chi connectivity index (χ0) is 13.8. The van der Waals surface area contributed by atoms with Crippen LogP contribution in [-0.2, 0) is 0 Å². The van der Waals surface area contributed by atoms with Crippen molar-refractivity contribution >= 4 is 23.2 Å². The number of nitrogens with zero attached hydrogens (tertiary/aromatic N) is 1. The Bertz CT molecular complexity index is 419. The van der Waals surface area contributed by atoms with E-state index in [9.17, 15) is 0 Å². The minimum absolute atomic E-state index is 0.0463. The monoisotopic (exact) mass is 300 g/mol. The van der Waals surface area contributed by atoms with Gasteiger partial charge < -0.3 is 10.6 Å². The molecule has 0 aromatic heterocycles. The molecule has 0 amide bonds. The van der Waals surface area contributed by atoms with Crippen molar-refractivity contribution in [1.29, 1.82) is 0 Å². The van der Waals surface area contributed by atoms with Crippen molar-refractivity contribution in [2.75, 3.05) is 20.1 Å². The Kier molecular flexibility index (Phi) is 5.52. The molecular formula is C15H22Cl2N2. The second kappa shape index (κ2) is 6.94. The minimum Gasteiger partial charge on any atom is -0.324 e. The van der Waals surface area contributed by atoms with Crippen LogP contribution in [0.3, 0.4) is 0 Å². The molecule has 2 rings (SSSR count). The van der Waals surface area contributed by atoms with Gasteiger partial charge in [-0.25, -0.2) is 0 Å². The molecule has 1 aromatic carbocycles. The lowest BCUT2D eigenvalue weighted by Crippen LogP contribution is -2.31. The van der Waals surface area contributed by atoms with Gasteiger partial charge in [0.1, 0.15) is 0 Å². The van der Waals surface area contributed by atoms with Crippen LogP contribution in [0.2, 0.25) is 10.0 Å². The average molecular weight is 301 g/mol. The number of benzene rings is 1. The molecule has 1 aromatic rings. The van der Waals surface area contributed by atoms with E-state index in [-0.39, 0.29) is 6.04 Å². The number of rotatable bonds is 6. The molecule has 0 spiro atoms. The van der Waals surface area contributed by atoms with Gasteiger partial charge in [0.15, 0.2) is 0 Å². The smallest absolute Gasteiger partial charge is 0.0640 e. The SMILES string of the molecule is CN(CCC(N)c1cccc(Cl)c1Cl)CC1CCC1. The predicted octanol–water partition coefficient (Wildman–Crippen LogP) is 4.12. The zero-order valence-corrected chi connectivity index (χ0v) is 12.9. The maximum Gasteiger partial charge on any atom is 0.0640 e. The van der Waals surface area contributed by atoms with Crippen LogP contribution in [0.1, 0.15) is 37.3 Å². The Balaban J connectivity index is 1.82. The normalized spacial score (nSPS) is 17.5. The quantitative estimate of drug-likeness (QED) is 0.856. The van der Waals surface area contributed by atoms with Crippen LogP contribution in [0.4, 0.5) is 0 Å². The standard InChI is InChI=1S/C15H22Cl2N2/c1-19(10-11-4-2-5-11)9-8-14(18)12-6-3-7-13(16)15(12)17/h3,6-7,11,14H,2,4-5,8-10,18H2,1H3. The van der Waals surface area contributed by atoms with Gasteiger partial charge in [0.25, 0.3) is 0 Å². The molecule has 0 aliphatic heterocycles. The van der Waals surface area contributed by atoms with E-state index in [0.717, 1.165) is 24.4 Å². The third-order valence-corrected chi connectivity index (χ3v) is 4.83. The van der Waals surface area contributed by atoms with E-state index in [1.54, 1.807) is 6.07 Å². The summed E-state index contributed by atoms with van der Waals surface area (Å²) in [5.74, 6) is 0.899. The Morgan fingerprint density at radius 1 is 1.37 bits per heavy atom. The molecule has 1 fully saturated rings. The van der Waals surface area contributed by atoms with Gasteiger partial charge in [0, 0.05) is 12.6 Å². The first-order chi connectivity index (χ1) is 9.08. The van der Waals surface area contributed by atoms with Crippen LogP contribution < -0.4 is 5.73 Å². The van der Waals surface area contributed by atoms with Gasteiger partial charge in [-0.05, 0) is 50.4 Å². The number of halogens is 2. The summed E-state index contributed by atoms with van der Waals surface area (Å²) in [6.45, 7) is 2.19. The molecule has 2 N–H and O–H groups in total. The van der Waals surface area contributed by atoms with E-state index in [2.05, 4.69) is 11.9 Å². The lowest BCUT2D eigenvalue weighted by atomic mass is 9.85. The first-order valence-corrected chi connectivity index (χ1v) is 7.71. The summed E-state index contributed by atoms with van der Waals surface area (Å²) in [5, 5.41) is 1.18. The molecule has 2 nitrogen and oxygen atoms in total. The van der Waals surface area contributed by atoms with Crippen molar-refractivity contribution < 1.29 is 0 Å². The molecular weight excluding hydrogens is 279 g/mol. The highest BCUT2D eigenvalue weighted by molar-refractivity contribution is 6.42. The third kappa shape index (κ3) is 4.09. The fraction of sp³-hybridized carbons (Fsp3) is 0.600. The van der Waals surface area contributed by atoms with Crippen LogP contribution in [0.25, 0.3) is 0 Å². The lowest BCUT2D eigenvalue weighted by molar-refractivity contribution is 0.201. The molecule has 1 unspecified atom stereocenters. The predicted molar refractivity (Wildman–Crippen MR) is 82.8 cm³/mol. The van der Waals surface area contributed by atoms with E-state index in [0.29, 0.717) is 10.0 Å². The maximum absolute atomic E-state index is 6.22. The van der Waals surface area contributed by atoms with Crippen molar-refractivity contribution in [3.63, 3.8) is 0 Å². The topological polar surface area (TPSA) is 29.3 Å². The molecule has 1 atom stereocenters. The van der Waals surface area contributed by atoms with Gasteiger partial charge in [-0.1, -0.05) is 41.8 Å². The average Bonchev–Trinajstić information content (AvgIpc) is 2.34. The van der Waals surface area contributed by atoms with Crippen molar-refractivity contribution in [2.24, 2.45) is 11.7 Å². The van der Waals surface area contributed by atoms with Gasteiger partial charge in [0.05, 0.1) is 10.0 Å². The number of hydrogen-bond donors (Lipinski definition) is 1. The van der Waals surface area contributed by atoms with Crippen LogP contribution in [0, 0.1) is 5.92 Å². The Hall–Kier alpha value is -0.280. The zero-order valence-electron chi connectivity index (χ0n) is 11.4. The van der Waals surface area contributed by atoms with Crippen LogP contribution in [0.5, 0.6) is 0 Å². The van der Waals surface area contributed by atoms with Crippen LogP contribution in [0.15, 0.2) is 18.2 Å². The molecule has 0 saturated heterocycles. The summed E-state index contributed by atoms with van der Waals surface area (Å²) >= 11 is 12.2. The molecule has 0 bridgehead atoms. The van der Waals surface area contributed by atoms with Crippen molar-refractivity contribution in [1.82, 2.24) is 4.90 Å². The first-order valence-electron chi connectivity index (χ1n) is 6.96. The summed E-state index contributed by atoms with van der Waals surface area (Å²) in [7, 11) is 2.17. The van der Waals surface area contributed by atoms with Crippen molar-refractivity contribution in [3.8, 4) is 0 Å². The van der Waals surface area contributed by atoms with Crippen molar-refractivity contribution in [3.05, 3.63) is 33.8 Å². The second-order valence-corrected chi connectivity index (χ2v) is 6.38. The summed E-state index contributed by atoms with van der Waals surface area (Å²) in [5.41, 5.74) is 7.17. The molecule has 1 saturated carbocycles. The van der Waals surface area contributed by atoms with E-state index >= 15 is 0 Å². The van der Waals surface area contributed by atoms with Crippen LogP contribution >= 0.6 is 23.2 Å². The Morgan fingerprint density at radius 3 is 2.74 bits per heavy atom. The highest BCUT2D eigenvalue weighted by Crippen LogP contribution is 2.30. The third-order valence-electron chi connectivity index (χ3n) is 4.00. The fourth-order valence-corrected chi connectivity index (χ4v) is 2.98. The molecule has 1 aliphatic carbocycles. The number of hydrogen-bond acceptors (Lipinski definition) is 2. The number of nitrogens with two attached hydrogens (primary N) is 1. The largest absolute Gasteiger partial charge is 0.324 e. The van der Waals surface area contributed by atoms with Crippen molar-refractivity contribution in [2.45, 2.75) is 31.7 Å². The molecule has 19 heavy (non-hydrogen) atoms. The Morgan fingerprint density at radius 2 is 2.11 bits per heavy atom. The molecule has 0 heterocycles. The van der Waals surface area contributed by atoms with E-state index in [4.69, 9.17) is 28.9 Å². The summed E-state index contributed by atoms with van der Waals surface area (Å²) in [4.78, 5) is 2.38. The van der Waals surface area contributed by atoms with Gasteiger partial charge in [-0.3, -0.25) is 0 Å². The minimum atomic E-state index is -0.0463. The first kappa shape index (κ1) is 15.1. The second-order valence-electron chi connectivity index (χ2n) is 5.60. The highest BCUT2D eigenvalue weighted by Gasteiger charge is 2.19. The maximum atomic E-state index is 6.22. The van der Waals surface area contributed by atoms with Gasteiger partial charge >= 0.3 is 0 Å². The molecule has 0 radical (unpaired) electrons. The van der Waals surface area contributed by atoms with Gasteiger partial charge in [-0.2, -0.15) is 0 Å². The lowest BCUT2D eigenvalue weighted by Gasteiger charge is -2.30. The van der Waals surface area contributed by atoms with E-state index < -0.39 is 0 Å². The van der Waals surface area contributed by atoms with Gasteiger partial charge in [-0.15, -0.1) is 0 Å². The summed E-state index contributed by atoms with van der Waals surface area (Å²) in [6.07, 6.45) is 5.08. The van der Waals surface area contributed by atoms with E-state index in [1.807, 2.05) is 12.1 Å². The van der Waals surface area contributed by atoms with Gasteiger partial charge in [0.2, 0.25) is 0 Å².